The summed E-state index contributed by atoms with van der Waals surface area (Å²) in [6, 6.07) is 12.1. The summed E-state index contributed by atoms with van der Waals surface area (Å²) in [7, 11) is 0. The highest BCUT2D eigenvalue weighted by Crippen LogP contribution is 2.32. The van der Waals surface area contributed by atoms with Crippen LogP contribution in [0.3, 0.4) is 0 Å². The Morgan fingerprint density at radius 2 is 1.79 bits per heavy atom. The molecule has 0 aliphatic carbocycles. The molecule has 0 N–H and O–H groups in total. The van der Waals surface area contributed by atoms with Gasteiger partial charge in [-0.2, -0.15) is 18.4 Å². The Hall–Kier alpha value is -2.35. The number of alkyl halides is 3. The number of hydrogen-bond acceptors (Lipinski definition) is 2. The van der Waals surface area contributed by atoms with Crippen LogP contribution in [0.25, 0.3) is 11.1 Å². The molecule has 0 saturated carbocycles. The van der Waals surface area contributed by atoms with Crippen molar-refractivity contribution in [2.75, 3.05) is 0 Å². The van der Waals surface area contributed by atoms with Gasteiger partial charge in [-0.15, -0.1) is 0 Å². The van der Waals surface area contributed by atoms with E-state index in [9.17, 15) is 13.2 Å². The lowest BCUT2D eigenvalue weighted by Crippen LogP contribution is -2.12. The number of rotatable bonds is 2. The van der Waals surface area contributed by atoms with E-state index in [4.69, 9.17) is 5.26 Å². The average molecular weight is 262 g/mol. The minimum atomic E-state index is -4.54. The van der Waals surface area contributed by atoms with Gasteiger partial charge in [-0.1, -0.05) is 30.3 Å². The first-order valence-corrected chi connectivity index (χ1v) is 5.51. The second kappa shape index (κ2) is 5.11. The topological polar surface area (TPSA) is 36.7 Å². The first-order valence-electron chi connectivity index (χ1n) is 5.51. The van der Waals surface area contributed by atoms with Gasteiger partial charge in [0.2, 0.25) is 0 Å². The molecule has 0 saturated heterocycles. The SMILES string of the molecule is N#CCc1cc(-c2ccccc2)cnc1C(F)(F)F. The van der Waals surface area contributed by atoms with Crippen LogP contribution in [-0.4, -0.2) is 4.98 Å². The van der Waals surface area contributed by atoms with Crippen LogP contribution >= 0.6 is 0 Å². The van der Waals surface area contributed by atoms with E-state index >= 15 is 0 Å². The van der Waals surface area contributed by atoms with E-state index in [1.54, 1.807) is 30.3 Å². The third-order valence-corrected chi connectivity index (χ3v) is 2.61. The molecule has 0 amide bonds. The van der Waals surface area contributed by atoms with Crippen LogP contribution < -0.4 is 0 Å². The quantitative estimate of drug-likeness (QED) is 0.824. The van der Waals surface area contributed by atoms with Gasteiger partial charge in [0.25, 0.3) is 0 Å². The van der Waals surface area contributed by atoms with Crippen LogP contribution in [-0.2, 0) is 12.6 Å². The number of halogens is 3. The van der Waals surface area contributed by atoms with E-state index in [-0.39, 0.29) is 12.0 Å². The molecule has 0 bridgehead atoms. The van der Waals surface area contributed by atoms with E-state index < -0.39 is 11.9 Å². The van der Waals surface area contributed by atoms with Crippen LogP contribution in [0.5, 0.6) is 0 Å². The van der Waals surface area contributed by atoms with Crippen molar-refractivity contribution in [1.82, 2.24) is 4.98 Å². The lowest BCUT2D eigenvalue weighted by Gasteiger charge is -2.11. The Morgan fingerprint density at radius 3 is 2.37 bits per heavy atom. The molecular weight excluding hydrogens is 253 g/mol. The molecule has 0 aliphatic rings. The summed E-state index contributed by atoms with van der Waals surface area (Å²) >= 11 is 0. The van der Waals surface area contributed by atoms with E-state index in [0.717, 1.165) is 5.56 Å². The lowest BCUT2D eigenvalue weighted by atomic mass is 10.0. The van der Waals surface area contributed by atoms with Crippen molar-refractivity contribution in [2.45, 2.75) is 12.6 Å². The molecule has 0 fully saturated rings. The predicted molar refractivity (Wildman–Crippen MR) is 64.0 cm³/mol. The van der Waals surface area contributed by atoms with Gasteiger partial charge in [-0.3, -0.25) is 4.98 Å². The molecule has 0 spiro atoms. The van der Waals surface area contributed by atoms with Gasteiger partial charge in [0.15, 0.2) is 0 Å². The standard InChI is InChI=1S/C14H9F3N2/c15-14(16,17)13-11(6-7-18)8-12(9-19-13)10-4-2-1-3-5-10/h1-5,8-9H,6H2. The van der Waals surface area contributed by atoms with Crippen LogP contribution in [0.15, 0.2) is 42.6 Å². The summed E-state index contributed by atoms with van der Waals surface area (Å²) < 4.78 is 38.2. The van der Waals surface area contributed by atoms with Crippen LogP contribution in [0.4, 0.5) is 13.2 Å². The molecule has 0 radical (unpaired) electrons. The second-order valence-electron chi connectivity index (χ2n) is 3.93. The Balaban J connectivity index is 2.52. The summed E-state index contributed by atoms with van der Waals surface area (Å²) in [5, 5.41) is 8.63. The van der Waals surface area contributed by atoms with E-state index in [1.807, 2.05) is 6.07 Å². The normalized spacial score (nSPS) is 11.1. The van der Waals surface area contributed by atoms with Crippen molar-refractivity contribution >= 4 is 0 Å². The van der Waals surface area contributed by atoms with Gasteiger partial charge in [0, 0.05) is 11.8 Å². The largest absolute Gasteiger partial charge is 0.433 e. The predicted octanol–water partition coefficient (Wildman–Crippen LogP) is 3.83. The van der Waals surface area contributed by atoms with Crippen LogP contribution in [0.2, 0.25) is 0 Å². The maximum Gasteiger partial charge on any atom is 0.433 e. The Labute approximate surface area is 108 Å². The van der Waals surface area contributed by atoms with E-state index in [0.29, 0.717) is 5.56 Å². The van der Waals surface area contributed by atoms with E-state index in [1.165, 1.54) is 12.3 Å². The van der Waals surface area contributed by atoms with Gasteiger partial charge in [0.1, 0.15) is 5.69 Å². The zero-order valence-electron chi connectivity index (χ0n) is 9.78. The number of pyridine rings is 1. The average Bonchev–Trinajstić information content (AvgIpc) is 2.39. The number of nitriles is 1. The van der Waals surface area contributed by atoms with Gasteiger partial charge < -0.3 is 0 Å². The first kappa shape index (κ1) is 13.1. The maximum absolute atomic E-state index is 12.7. The highest BCUT2D eigenvalue weighted by Gasteiger charge is 2.35. The number of hydrogen-bond donors (Lipinski definition) is 0. The summed E-state index contributed by atoms with van der Waals surface area (Å²) in [6.45, 7) is 0. The molecule has 1 aromatic heterocycles. The van der Waals surface area contributed by atoms with Crippen molar-refractivity contribution in [3.05, 3.63) is 53.9 Å². The Bertz CT molecular complexity index is 613. The summed E-state index contributed by atoms with van der Waals surface area (Å²) in [5.74, 6) is 0. The van der Waals surface area contributed by atoms with Gasteiger partial charge in [-0.05, 0) is 17.2 Å². The highest BCUT2D eigenvalue weighted by atomic mass is 19.4. The van der Waals surface area contributed by atoms with Crippen molar-refractivity contribution < 1.29 is 13.2 Å². The van der Waals surface area contributed by atoms with Crippen molar-refractivity contribution in [3.63, 3.8) is 0 Å². The summed E-state index contributed by atoms with van der Waals surface area (Å²) in [4.78, 5) is 3.47. The molecule has 0 unspecified atom stereocenters. The van der Waals surface area contributed by atoms with Gasteiger partial charge in [-0.25, -0.2) is 0 Å². The molecule has 1 heterocycles. The molecule has 2 aromatic rings. The van der Waals surface area contributed by atoms with Gasteiger partial charge >= 0.3 is 6.18 Å². The molecular formula is C14H9F3N2. The number of benzene rings is 1. The van der Waals surface area contributed by atoms with Crippen molar-refractivity contribution in [2.24, 2.45) is 0 Å². The maximum atomic E-state index is 12.7. The van der Waals surface area contributed by atoms with E-state index in [2.05, 4.69) is 4.98 Å². The first-order chi connectivity index (χ1) is 9.02. The smallest absolute Gasteiger partial charge is 0.251 e. The molecule has 96 valence electrons. The number of nitrogens with zero attached hydrogens (tertiary/aromatic N) is 2. The van der Waals surface area contributed by atoms with Crippen LogP contribution in [0, 0.1) is 11.3 Å². The molecule has 2 rings (SSSR count). The minimum absolute atomic E-state index is 0.101. The third-order valence-electron chi connectivity index (χ3n) is 2.61. The Kier molecular flexibility index (Phi) is 3.52. The highest BCUT2D eigenvalue weighted by molar-refractivity contribution is 5.63. The minimum Gasteiger partial charge on any atom is -0.251 e. The monoisotopic (exact) mass is 262 g/mol. The molecule has 5 heteroatoms. The Morgan fingerprint density at radius 1 is 1.11 bits per heavy atom. The summed E-state index contributed by atoms with van der Waals surface area (Å²) in [5.41, 5.74) is 0.242. The van der Waals surface area contributed by atoms with Gasteiger partial charge in [0.05, 0.1) is 12.5 Å². The molecule has 2 nitrogen and oxygen atoms in total. The fraction of sp³-hybridized carbons (Fsp3) is 0.143. The van der Waals surface area contributed by atoms with Crippen LogP contribution in [0.1, 0.15) is 11.3 Å². The molecule has 0 atom stereocenters. The zero-order chi connectivity index (χ0) is 13.9. The molecule has 0 aliphatic heterocycles. The lowest BCUT2D eigenvalue weighted by molar-refractivity contribution is -0.141. The third kappa shape index (κ3) is 2.91. The fourth-order valence-electron chi connectivity index (χ4n) is 1.77. The second-order valence-corrected chi connectivity index (χ2v) is 3.93. The fourth-order valence-corrected chi connectivity index (χ4v) is 1.77. The molecule has 19 heavy (non-hydrogen) atoms. The summed E-state index contributed by atoms with van der Waals surface area (Å²) in [6.07, 6.45) is -3.68. The zero-order valence-corrected chi connectivity index (χ0v) is 9.78. The number of aromatic nitrogens is 1. The molecule has 1 aromatic carbocycles. The van der Waals surface area contributed by atoms with Crippen molar-refractivity contribution in [3.8, 4) is 17.2 Å². The van der Waals surface area contributed by atoms with Crippen molar-refractivity contribution in [1.29, 1.82) is 5.26 Å².